The van der Waals surface area contributed by atoms with Gasteiger partial charge in [-0.15, -0.1) is 0 Å². The number of aromatic nitrogens is 4. The average molecular weight is 339 g/mol. The van der Waals surface area contributed by atoms with Gasteiger partial charge in [-0.3, -0.25) is 4.79 Å². The molecular weight excluding hydrogens is 318 g/mol. The number of carbonyl (C=O) groups excluding carboxylic acids is 1. The molecule has 0 aliphatic rings. The molecule has 2 N–H and O–H groups in total. The van der Waals surface area contributed by atoms with E-state index in [9.17, 15) is 4.79 Å². The third-order valence-electron chi connectivity index (χ3n) is 3.84. The monoisotopic (exact) mass is 339 g/mol. The van der Waals surface area contributed by atoms with Crippen LogP contribution in [0.15, 0.2) is 36.5 Å². The third-order valence-corrected chi connectivity index (χ3v) is 3.84. The number of H-pyrrole nitrogens is 1. The number of rotatable bonds is 6. The van der Waals surface area contributed by atoms with Crippen molar-refractivity contribution in [2.24, 2.45) is 0 Å². The second kappa shape index (κ2) is 7.21. The number of methoxy groups -OCH3 is 1. The summed E-state index contributed by atoms with van der Waals surface area (Å²) >= 11 is 0. The minimum absolute atomic E-state index is 0.263. The Morgan fingerprint density at radius 2 is 2.20 bits per heavy atom. The maximum atomic E-state index is 12.6. The molecule has 3 aromatic rings. The second-order valence-corrected chi connectivity index (χ2v) is 5.68. The molecule has 3 rings (SSSR count). The molecule has 0 bridgehead atoms. The maximum absolute atomic E-state index is 12.6. The first kappa shape index (κ1) is 16.8. The van der Waals surface area contributed by atoms with Crippen LogP contribution in [0.5, 0.6) is 5.75 Å². The average Bonchev–Trinajstić information content (AvgIpc) is 3.22. The van der Waals surface area contributed by atoms with E-state index in [4.69, 9.17) is 4.74 Å². The predicted octanol–water partition coefficient (Wildman–Crippen LogP) is 3.25. The number of hydrogen-bond donors (Lipinski definition) is 2. The number of benzene rings is 1. The first-order chi connectivity index (χ1) is 12.1. The zero-order valence-corrected chi connectivity index (χ0v) is 14.5. The smallest absolute Gasteiger partial charge is 0.277 e. The molecule has 130 valence electrons. The number of nitrogens with one attached hydrogen (secondary N) is 2. The van der Waals surface area contributed by atoms with E-state index in [0.717, 1.165) is 24.3 Å². The molecule has 0 aliphatic heterocycles. The molecule has 2 aromatic heterocycles. The largest absolute Gasteiger partial charge is 0.497 e. The summed E-state index contributed by atoms with van der Waals surface area (Å²) in [4.78, 5) is 20.2. The van der Waals surface area contributed by atoms with E-state index >= 15 is 0 Å². The molecule has 0 unspecified atom stereocenters. The van der Waals surface area contributed by atoms with Crippen LogP contribution in [0, 0.1) is 6.92 Å². The minimum Gasteiger partial charge on any atom is -0.497 e. The molecular formula is C18H21N5O2. The van der Waals surface area contributed by atoms with Crippen LogP contribution in [0.3, 0.4) is 0 Å². The molecule has 7 heteroatoms. The molecule has 0 saturated carbocycles. The van der Waals surface area contributed by atoms with Crippen LogP contribution in [-0.4, -0.2) is 32.8 Å². The second-order valence-electron chi connectivity index (χ2n) is 5.68. The van der Waals surface area contributed by atoms with Crippen LogP contribution in [-0.2, 0) is 6.54 Å². The Morgan fingerprint density at radius 1 is 1.36 bits per heavy atom. The SMILES string of the molecule is CCCn1nccc1NC(=O)c1nc(-c2cccc(OC)c2)[nH]c1C. The van der Waals surface area contributed by atoms with Crippen molar-refractivity contribution in [3.63, 3.8) is 0 Å². The Hall–Kier alpha value is -3.09. The summed E-state index contributed by atoms with van der Waals surface area (Å²) in [7, 11) is 1.62. The normalized spacial score (nSPS) is 10.7. The molecule has 1 aromatic carbocycles. The van der Waals surface area contributed by atoms with Crippen LogP contribution in [0.2, 0.25) is 0 Å². The topological polar surface area (TPSA) is 84.8 Å². The number of anilines is 1. The maximum Gasteiger partial charge on any atom is 0.277 e. The van der Waals surface area contributed by atoms with Gasteiger partial charge in [-0.25, -0.2) is 9.67 Å². The number of aryl methyl sites for hydroxylation is 2. The highest BCUT2D eigenvalue weighted by molar-refractivity contribution is 6.03. The van der Waals surface area contributed by atoms with Crippen LogP contribution in [0.1, 0.15) is 29.5 Å². The van der Waals surface area contributed by atoms with Gasteiger partial charge in [0.25, 0.3) is 5.91 Å². The van der Waals surface area contributed by atoms with Gasteiger partial charge < -0.3 is 15.0 Å². The van der Waals surface area contributed by atoms with Crippen LogP contribution >= 0.6 is 0 Å². The Bertz CT molecular complexity index is 881. The van der Waals surface area contributed by atoms with Crippen molar-refractivity contribution in [2.75, 3.05) is 12.4 Å². The number of hydrogen-bond acceptors (Lipinski definition) is 4. The summed E-state index contributed by atoms with van der Waals surface area (Å²) in [6.45, 7) is 4.64. The van der Waals surface area contributed by atoms with Crippen molar-refractivity contribution in [3.05, 3.63) is 47.9 Å². The first-order valence-corrected chi connectivity index (χ1v) is 8.16. The van der Waals surface area contributed by atoms with Gasteiger partial charge in [0.2, 0.25) is 0 Å². The fraction of sp³-hybridized carbons (Fsp3) is 0.278. The lowest BCUT2D eigenvalue weighted by Gasteiger charge is -2.07. The first-order valence-electron chi connectivity index (χ1n) is 8.16. The Kier molecular flexibility index (Phi) is 4.83. The number of carbonyl (C=O) groups is 1. The van der Waals surface area contributed by atoms with Crippen molar-refractivity contribution in [2.45, 2.75) is 26.8 Å². The lowest BCUT2D eigenvalue weighted by Crippen LogP contribution is -2.17. The third kappa shape index (κ3) is 3.55. The summed E-state index contributed by atoms with van der Waals surface area (Å²) in [6.07, 6.45) is 2.61. The highest BCUT2D eigenvalue weighted by Gasteiger charge is 2.17. The highest BCUT2D eigenvalue weighted by atomic mass is 16.5. The summed E-state index contributed by atoms with van der Waals surface area (Å²) in [5.74, 6) is 1.77. The van der Waals surface area contributed by atoms with E-state index in [1.807, 2.05) is 31.2 Å². The minimum atomic E-state index is -0.263. The molecule has 0 fully saturated rings. The van der Waals surface area contributed by atoms with Gasteiger partial charge in [-0.1, -0.05) is 19.1 Å². The van der Waals surface area contributed by atoms with Crippen LogP contribution in [0.4, 0.5) is 5.82 Å². The Balaban J connectivity index is 1.84. The zero-order chi connectivity index (χ0) is 17.8. The molecule has 2 heterocycles. The molecule has 7 nitrogen and oxygen atoms in total. The standard InChI is InChI=1S/C18H21N5O2/c1-4-10-23-15(8-9-19-23)21-18(24)16-12(2)20-17(22-16)13-6-5-7-14(11-13)25-3/h5-9,11H,4,10H2,1-3H3,(H,20,22)(H,21,24). The zero-order valence-electron chi connectivity index (χ0n) is 14.5. The van der Waals surface area contributed by atoms with Crippen molar-refractivity contribution in [3.8, 4) is 17.1 Å². The van der Waals surface area contributed by atoms with Gasteiger partial charge in [0, 0.05) is 23.9 Å². The van der Waals surface area contributed by atoms with Gasteiger partial charge in [-0.05, 0) is 25.5 Å². The summed E-state index contributed by atoms with van der Waals surface area (Å²) in [5.41, 5.74) is 1.93. The number of aromatic amines is 1. The quantitative estimate of drug-likeness (QED) is 0.722. The molecule has 0 aliphatic carbocycles. The van der Waals surface area contributed by atoms with Gasteiger partial charge >= 0.3 is 0 Å². The van der Waals surface area contributed by atoms with Gasteiger partial charge in [0.15, 0.2) is 0 Å². The van der Waals surface area contributed by atoms with E-state index in [2.05, 4.69) is 27.3 Å². The molecule has 0 radical (unpaired) electrons. The molecule has 0 atom stereocenters. The number of imidazole rings is 1. The van der Waals surface area contributed by atoms with Gasteiger partial charge in [-0.2, -0.15) is 5.10 Å². The van der Waals surface area contributed by atoms with E-state index in [0.29, 0.717) is 23.0 Å². The number of ether oxygens (including phenoxy) is 1. The van der Waals surface area contributed by atoms with Crippen molar-refractivity contribution in [1.82, 2.24) is 19.7 Å². The predicted molar refractivity (Wildman–Crippen MR) is 95.8 cm³/mol. The number of nitrogens with zero attached hydrogens (tertiary/aromatic N) is 3. The lowest BCUT2D eigenvalue weighted by atomic mass is 10.2. The van der Waals surface area contributed by atoms with Crippen molar-refractivity contribution in [1.29, 1.82) is 0 Å². The highest BCUT2D eigenvalue weighted by Crippen LogP contribution is 2.23. The lowest BCUT2D eigenvalue weighted by molar-refractivity contribution is 0.102. The van der Waals surface area contributed by atoms with Gasteiger partial charge in [0.05, 0.1) is 13.3 Å². The fourth-order valence-corrected chi connectivity index (χ4v) is 2.59. The van der Waals surface area contributed by atoms with E-state index in [1.54, 1.807) is 24.1 Å². The van der Waals surface area contributed by atoms with Gasteiger partial charge in [0.1, 0.15) is 23.1 Å². The van der Waals surface area contributed by atoms with Crippen molar-refractivity contribution < 1.29 is 9.53 Å². The van der Waals surface area contributed by atoms with E-state index in [-0.39, 0.29) is 5.91 Å². The summed E-state index contributed by atoms with van der Waals surface area (Å²) in [6, 6.07) is 9.31. The van der Waals surface area contributed by atoms with Crippen LogP contribution < -0.4 is 10.1 Å². The Morgan fingerprint density at radius 3 is 2.96 bits per heavy atom. The molecule has 25 heavy (non-hydrogen) atoms. The summed E-state index contributed by atoms with van der Waals surface area (Å²) < 4.78 is 7.00. The fourth-order valence-electron chi connectivity index (χ4n) is 2.59. The van der Waals surface area contributed by atoms with E-state index < -0.39 is 0 Å². The molecule has 0 saturated heterocycles. The van der Waals surface area contributed by atoms with E-state index in [1.165, 1.54) is 0 Å². The van der Waals surface area contributed by atoms with Crippen molar-refractivity contribution >= 4 is 11.7 Å². The number of amides is 1. The van der Waals surface area contributed by atoms with Crippen LogP contribution in [0.25, 0.3) is 11.4 Å². The molecule has 1 amide bonds. The molecule has 0 spiro atoms. The Labute approximate surface area is 146 Å². The summed E-state index contributed by atoms with van der Waals surface area (Å²) in [5, 5.41) is 7.08.